The number of nitrogens with two attached hydrogens (primary N) is 1. The van der Waals surface area contributed by atoms with Gasteiger partial charge in [-0.2, -0.15) is 0 Å². The van der Waals surface area contributed by atoms with Crippen molar-refractivity contribution in [2.24, 2.45) is 5.73 Å². The van der Waals surface area contributed by atoms with E-state index in [0.29, 0.717) is 23.9 Å². The molecular formula is C9H10ClN5. The van der Waals surface area contributed by atoms with E-state index in [9.17, 15) is 0 Å². The summed E-state index contributed by atoms with van der Waals surface area (Å²) in [6.45, 7) is 0.858. The molecule has 15 heavy (non-hydrogen) atoms. The fourth-order valence-electron chi connectivity index (χ4n) is 1.28. The minimum Gasteiger partial charge on any atom is -0.324 e. The molecule has 0 saturated carbocycles. The summed E-state index contributed by atoms with van der Waals surface area (Å²) < 4.78 is 1.64. The van der Waals surface area contributed by atoms with Gasteiger partial charge in [0, 0.05) is 5.02 Å². The molecule has 2 N–H and O–H groups in total. The van der Waals surface area contributed by atoms with Crippen molar-refractivity contribution in [2.75, 3.05) is 0 Å². The number of nitrogens with zero attached hydrogens (tertiary/aromatic N) is 4. The van der Waals surface area contributed by atoms with E-state index >= 15 is 0 Å². The van der Waals surface area contributed by atoms with Crippen molar-refractivity contribution in [3.05, 3.63) is 40.7 Å². The number of tetrazole rings is 1. The molecule has 1 aromatic carbocycles. The topological polar surface area (TPSA) is 69.6 Å². The van der Waals surface area contributed by atoms with Crippen LogP contribution in [0.2, 0.25) is 5.02 Å². The molecule has 0 saturated heterocycles. The van der Waals surface area contributed by atoms with Gasteiger partial charge in [-0.3, -0.25) is 0 Å². The van der Waals surface area contributed by atoms with E-state index in [0.717, 1.165) is 5.56 Å². The summed E-state index contributed by atoms with van der Waals surface area (Å²) in [7, 11) is 0. The van der Waals surface area contributed by atoms with Crippen LogP contribution >= 0.6 is 11.6 Å². The predicted molar refractivity (Wildman–Crippen MR) is 56.3 cm³/mol. The molecule has 6 heteroatoms. The molecule has 0 aliphatic rings. The van der Waals surface area contributed by atoms with Crippen LogP contribution in [-0.4, -0.2) is 20.2 Å². The first-order valence-corrected chi connectivity index (χ1v) is 4.87. The van der Waals surface area contributed by atoms with Gasteiger partial charge in [-0.25, -0.2) is 4.68 Å². The quantitative estimate of drug-likeness (QED) is 0.837. The first-order valence-electron chi connectivity index (χ1n) is 4.50. The first kappa shape index (κ1) is 10.1. The fraction of sp³-hybridized carbons (Fsp3) is 0.222. The van der Waals surface area contributed by atoms with Gasteiger partial charge in [0.15, 0.2) is 5.82 Å². The molecule has 1 aromatic heterocycles. The van der Waals surface area contributed by atoms with Gasteiger partial charge < -0.3 is 5.73 Å². The number of rotatable bonds is 3. The Morgan fingerprint density at radius 3 is 2.87 bits per heavy atom. The lowest BCUT2D eigenvalue weighted by molar-refractivity contribution is 0.619. The minimum atomic E-state index is 0.317. The van der Waals surface area contributed by atoms with Gasteiger partial charge in [-0.05, 0) is 22.1 Å². The van der Waals surface area contributed by atoms with Crippen LogP contribution in [0.25, 0.3) is 0 Å². The van der Waals surface area contributed by atoms with E-state index in [1.807, 2.05) is 24.3 Å². The molecule has 0 radical (unpaired) electrons. The molecule has 0 spiro atoms. The van der Waals surface area contributed by atoms with Crippen LogP contribution in [0.15, 0.2) is 24.3 Å². The van der Waals surface area contributed by atoms with Gasteiger partial charge in [-0.15, -0.1) is 5.10 Å². The standard InChI is InChI=1S/C9H10ClN5/c10-8-4-2-1-3-7(8)6-15-9(5-11)12-13-14-15/h1-4H,5-6,11H2. The van der Waals surface area contributed by atoms with E-state index in [-0.39, 0.29) is 0 Å². The smallest absolute Gasteiger partial charge is 0.165 e. The number of hydrogen-bond donors (Lipinski definition) is 1. The van der Waals surface area contributed by atoms with Gasteiger partial charge in [0.25, 0.3) is 0 Å². The maximum atomic E-state index is 6.02. The highest BCUT2D eigenvalue weighted by Crippen LogP contribution is 2.15. The predicted octanol–water partition coefficient (Wildman–Crippen LogP) is 0.833. The lowest BCUT2D eigenvalue weighted by Crippen LogP contribution is -2.11. The third-order valence-corrected chi connectivity index (χ3v) is 2.44. The highest BCUT2D eigenvalue weighted by molar-refractivity contribution is 6.31. The molecule has 0 unspecified atom stereocenters. The average molecular weight is 224 g/mol. The lowest BCUT2D eigenvalue weighted by atomic mass is 10.2. The van der Waals surface area contributed by atoms with Gasteiger partial charge in [0.2, 0.25) is 0 Å². The summed E-state index contributed by atoms with van der Waals surface area (Å²) in [6.07, 6.45) is 0. The third-order valence-electron chi connectivity index (χ3n) is 2.07. The van der Waals surface area contributed by atoms with Crippen LogP contribution in [0, 0.1) is 0 Å². The molecule has 0 fully saturated rings. The SMILES string of the molecule is NCc1nnnn1Cc1ccccc1Cl. The van der Waals surface area contributed by atoms with E-state index in [1.165, 1.54) is 0 Å². The van der Waals surface area contributed by atoms with Crippen molar-refractivity contribution in [1.82, 2.24) is 20.2 Å². The molecule has 0 aliphatic carbocycles. The zero-order valence-electron chi connectivity index (χ0n) is 7.97. The van der Waals surface area contributed by atoms with E-state index in [4.69, 9.17) is 17.3 Å². The molecule has 2 rings (SSSR count). The van der Waals surface area contributed by atoms with Crippen molar-refractivity contribution in [1.29, 1.82) is 0 Å². The number of aromatic nitrogens is 4. The summed E-state index contributed by atoms with van der Waals surface area (Å²) in [5.41, 5.74) is 6.46. The molecule has 0 atom stereocenters. The Balaban J connectivity index is 2.26. The second kappa shape index (κ2) is 4.37. The van der Waals surface area contributed by atoms with Gasteiger partial charge in [0.1, 0.15) is 0 Å². The lowest BCUT2D eigenvalue weighted by Gasteiger charge is -2.04. The van der Waals surface area contributed by atoms with Gasteiger partial charge >= 0.3 is 0 Å². The van der Waals surface area contributed by atoms with Crippen LogP contribution < -0.4 is 5.73 Å². The highest BCUT2D eigenvalue weighted by atomic mass is 35.5. The number of halogens is 1. The average Bonchev–Trinajstić information content (AvgIpc) is 2.69. The Bertz CT molecular complexity index is 453. The third kappa shape index (κ3) is 2.14. The largest absolute Gasteiger partial charge is 0.324 e. The Hall–Kier alpha value is -1.46. The molecule has 78 valence electrons. The minimum absolute atomic E-state index is 0.317. The second-order valence-corrected chi connectivity index (χ2v) is 3.46. The first-order chi connectivity index (χ1) is 7.31. The van der Waals surface area contributed by atoms with Crippen LogP contribution in [0.5, 0.6) is 0 Å². The summed E-state index contributed by atoms with van der Waals surface area (Å²) in [5, 5.41) is 11.9. The Morgan fingerprint density at radius 2 is 2.13 bits per heavy atom. The molecule has 0 amide bonds. The summed E-state index contributed by atoms with van der Waals surface area (Å²) >= 11 is 6.02. The van der Waals surface area contributed by atoms with Crippen molar-refractivity contribution in [3.63, 3.8) is 0 Å². The molecule has 0 aliphatic heterocycles. The van der Waals surface area contributed by atoms with Crippen LogP contribution in [0.3, 0.4) is 0 Å². The molecule has 5 nitrogen and oxygen atoms in total. The van der Waals surface area contributed by atoms with E-state index < -0.39 is 0 Å². The van der Waals surface area contributed by atoms with Crippen LogP contribution in [-0.2, 0) is 13.1 Å². The monoisotopic (exact) mass is 223 g/mol. The Kier molecular flexibility index (Phi) is 2.94. The number of hydrogen-bond acceptors (Lipinski definition) is 4. The Labute approximate surface area is 91.8 Å². The van der Waals surface area contributed by atoms with Crippen molar-refractivity contribution in [2.45, 2.75) is 13.1 Å². The van der Waals surface area contributed by atoms with Crippen LogP contribution in [0.1, 0.15) is 11.4 Å². The maximum Gasteiger partial charge on any atom is 0.165 e. The normalized spacial score (nSPS) is 10.5. The van der Waals surface area contributed by atoms with Gasteiger partial charge in [-0.1, -0.05) is 29.8 Å². The number of benzene rings is 1. The maximum absolute atomic E-state index is 6.02. The molecular weight excluding hydrogens is 214 g/mol. The van der Waals surface area contributed by atoms with Crippen molar-refractivity contribution in [3.8, 4) is 0 Å². The molecule has 0 bridgehead atoms. The van der Waals surface area contributed by atoms with E-state index in [2.05, 4.69) is 15.5 Å². The van der Waals surface area contributed by atoms with Gasteiger partial charge in [0.05, 0.1) is 13.1 Å². The fourth-order valence-corrected chi connectivity index (χ4v) is 1.48. The Morgan fingerprint density at radius 1 is 1.33 bits per heavy atom. The molecule has 2 aromatic rings. The van der Waals surface area contributed by atoms with Crippen molar-refractivity contribution < 1.29 is 0 Å². The molecule has 1 heterocycles. The highest BCUT2D eigenvalue weighted by Gasteiger charge is 2.06. The van der Waals surface area contributed by atoms with Crippen molar-refractivity contribution >= 4 is 11.6 Å². The summed E-state index contributed by atoms with van der Waals surface area (Å²) in [6, 6.07) is 7.58. The van der Waals surface area contributed by atoms with E-state index in [1.54, 1.807) is 4.68 Å². The summed E-state index contributed by atoms with van der Waals surface area (Å²) in [5.74, 6) is 0.648. The second-order valence-electron chi connectivity index (χ2n) is 3.05. The zero-order chi connectivity index (χ0) is 10.7. The summed E-state index contributed by atoms with van der Waals surface area (Å²) in [4.78, 5) is 0. The zero-order valence-corrected chi connectivity index (χ0v) is 8.72. The van der Waals surface area contributed by atoms with Crippen LogP contribution in [0.4, 0.5) is 0 Å².